The van der Waals surface area contributed by atoms with Crippen LogP contribution in [0, 0.1) is 0 Å². The maximum Gasteiger partial charge on any atom is 0.367 e. The van der Waals surface area contributed by atoms with Crippen molar-refractivity contribution < 1.29 is 9.63 Å². The standard InChI is InChI=1S/C21H19ClN2O2S/c1-21(2,3)18-13-27-19(24-18)15-10-8-14(9-11-15)12-23-26-20(25)16-6-4-5-7-17(16)22/h4-13H,1-3H3/b23-12+. The Labute approximate surface area is 167 Å². The van der Waals surface area contributed by atoms with E-state index in [4.69, 9.17) is 21.4 Å². The minimum Gasteiger partial charge on any atom is -0.313 e. The van der Waals surface area contributed by atoms with Gasteiger partial charge in [-0.2, -0.15) is 0 Å². The van der Waals surface area contributed by atoms with Gasteiger partial charge in [0.25, 0.3) is 0 Å². The van der Waals surface area contributed by atoms with Gasteiger partial charge in [0.05, 0.1) is 22.5 Å². The molecule has 0 saturated heterocycles. The Hall–Kier alpha value is -2.50. The SMILES string of the molecule is CC(C)(C)c1csc(-c2ccc(/C=N/OC(=O)c3ccccc3Cl)cc2)n1. The number of hydrogen-bond donors (Lipinski definition) is 0. The fourth-order valence-electron chi connectivity index (χ4n) is 2.27. The average molecular weight is 399 g/mol. The lowest BCUT2D eigenvalue weighted by atomic mass is 9.93. The van der Waals surface area contributed by atoms with Gasteiger partial charge in [0.15, 0.2) is 0 Å². The fraction of sp³-hybridized carbons (Fsp3) is 0.190. The molecule has 0 fully saturated rings. The number of nitrogens with zero attached hydrogens (tertiary/aromatic N) is 2. The van der Waals surface area contributed by atoms with Gasteiger partial charge in [-0.05, 0) is 17.7 Å². The molecular formula is C21H19ClN2O2S. The summed E-state index contributed by atoms with van der Waals surface area (Å²) < 4.78 is 0. The van der Waals surface area contributed by atoms with Crippen LogP contribution in [-0.4, -0.2) is 17.2 Å². The van der Waals surface area contributed by atoms with Crippen LogP contribution in [0.15, 0.2) is 59.1 Å². The number of rotatable bonds is 4. The van der Waals surface area contributed by atoms with Gasteiger partial charge in [-0.1, -0.05) is 73.9 Å². The van der Waals surface area contributed by atoms with Crippen molar-refractivity contribution in [3.8, 4) is 10.6 Å². The Morgan fingerprint density at radius 3 is 2.48 bits per heavy atom. The Bertz CT molecular complexity index is 972. The predicted molar refractivity (Wildman–Crippen MR) is 111 cm³/mol. The number of benzene rings is 2. The van der Waals surface area contributed by atoms with Crippen LogP contribution < -0.4 is 0 Å². The van der Waals surface area contributed by atoms with E-state index in [2.05, 4.69) is 31.3 Å². The molecule has 0 saturated carbocycles. The first-order valence-corrected chi connectivity index (χ1v) is 9.66. The van der Waals surface area contributed by atoms with Gasteiger partial charge in [-0.15, -0.1) is 11.3 Å². The summed E-state index contributed by atoms with van der Waals surface area (Å²) in [5, 5.41) is 7.16. The van der Waals surface area contributed by atoms with Crippen LogP contribution in [0.1, 0.15) is 42.4 Å². The largest absolute Gasteiger partial charge is 0.367 e. The van der Waals surface area contributed by atoms with Gasteiger partial charge in [0.2, 0.25) is 0 Å². The summed E-state index contributed by atoms with van der Waals surface area (Å²) in [6.07, 6.45) is 1.49. The molecule has 0 atom stereocenters. The normalized spacial score (nSPS) is 11.7. The molecule has 1 aromatic heterocycles. The highest BCUT2D eigenvalue weighted by molar-refractivity contribution is 7.13. The molecule has 4 nitrogen and oxygen atoms in total. The van der Waals surface area contributed by atoms with E-state index in [1.165, 1.54) is 6.21 Å². The molecule has 0 unspecified atom stereocenters. The number of carbonyl (C=O) groups is 1. The highest BCUT2D eigenvalue weighted by atomic mass is 35.5. The highest BCUT2D eigenvalue weighted by Crippen LogP contribution is 2.29. The highest BCUT2D eigenvalue weighted by Gasteiger charge is 2.17. The van der Waals surface area contributed by atoms with E-state index in [1.807, 2.05) is 24.3 Å². The van der Waals surface area contributed by atoms with Crippen molar-refractivity contribution in [3.05, 3.63) is 75.8 Å². The van der Waals surface area contributed by atoms with Crippen molar-refractivity contribution >= 4 is 35.1 Å². The van der Waals surface area contributed by atoms with Gasteiger partial charge >= 0.3 is 5.97 Å². The summed E-state index contributed by atoms with van der Waals surface area (Å²) >= 11 is 7.59. The summed E-state index contributed by atoms with van der Waals surface area (Å²) in [5.41, 5.74) is 3.26. The minimum atomic E-state index is -0.592. The van der Waals surface area contributed by atoms with Crippen LogP contribution >= 0.6 is 22.9 Å². The number of oxime groups is 1. The smallest absolute Gasteiger partial charge is 0.313 e. The first-order valence-electron chi connectivity index (χ1n) is 8.40. The predicted octanol–water partition coefficient (Wildman–Crippen LogP) is 5.95. The molecule has 3 aromatic rings. The molecule has 0 bridgehead atoms. The first-order chi connectivity index (χ1) is 12.8. The molecule has 6 heteroatoms. The summed E-state index contributed by atoms with van der Waals surface area (Å²) in [5.74, 6) is -0.592. The molecule has 0 aliphatic rings. The Kier molecular flexibility index (Phi) is 5.73. The maximum atomic E-state index is 12.0. The van der Waals surface area contributed by atoms with Crippen LogP contribution in [0.5, 0.6) is 0 Å². The molecule has 0 amide bonds. The van der Waals surface area contributed by atoms with Crippen molar-refractivity contribution in [2.24, 2.45) is 5.16 Å². The molecule has 0 N–H and O–H groups in total. The molecule has 2 aromatic carbocycles. The van der Waals surface area contributed by atoms with Gasteiger partial charge in [0, 0.05) is 16.4 Å². The summed E-state index contributed by atoms with van der Waals surface area (Å²) in [6.45, 7) is 6.44. The lowest BCUT2D eigenvalue weighted by Gasteiger charge is -2.14. The third-order valence-corrected chi connectivity index (χ3v) is 5.08. The van der Waals surface area contributed by atoms with Crippen molar-refractivity contribution in [2.45, 2.75) is 26.2 Å². The van der Waals surface area contributed by atoms with Crippen LogP contribution in [-0.2, 0) is 10.3 Å². The van der Waals surface area contributed by atoms with E-state index in [1.54, 1.807) is 35.6 Å². The Balaban J connectivity index is 1.65. The number of halogens is 1. The number of aromatic nitrogens is 1. The second-order valence-corrected chi connectivity index (χ2v) is 8.27. The molecule has 0 aliphatic carbocycles. The Morgan fingerprint density at radius 1 is 1.15 bits per heavy atom. The van der Waals surface area contributed by atoms with Crippen LogP contribution in [0.25, 0.3) is 10.6 Å². The van der Waals surface area contributed by atoms with E-state index < -0.39 is 5.97 Å². The molecular weight excluding hydrogens is 380 g/mol. The van der Waals surface area contributed by atoms with Gasteiger partial charge in [0.1, 0.15) is 5.01 Å². The molecule has 1 heterocycles. The lowest BCUT2D eigenvalue weighted by Crippen LogP contribution is -2.11. The zero-order chi connectivity index (χ0) is 19.4. The quantitative estimate of drug-likeness (QED) is 0.310. The van der Waals surface area contributed by atoms with Gasteiger partial charge < -0.3 is 4.84 Å². The summed E-state index contributed by atoms with van der Waals surface area (Å²) in [6, 6.07) is 14.4. The topological polar surface area (TPSA) is 51.5 Å². The zero-order valence-electron chi connectivity index (χ0n) is 15.3. The third-order valence-electron chi connectivity index (χ3n) is 3.86. The second-order valence-electron chi connectivity index (χ2n) is 7.00. The lowest BCUT2D eigenvalue weighted by molar-refractivity contribution is 0.0519. The average Bonchev–Trinajstić information content (AvgIpc) is 3.13. The minimum absolute atomic E-state index is 0.0346. The zero-order valence-corrected chi connectivity index (χ0v) is 16.8. The molecule has 0 aliphatic heterocycles. The Morgan fingerprint density at radius 2 is 1.85 bits per heavy atom. The molecule has 138 valence electrons. The fourth-order valence-corrected chi connectivity index (χ4v) is 3.54. The summed E-state index contributed by atoms with van der Waals surface area (Å²) in [7, 11) is 0. The molecule has 0 radical (unpaired) electrons. The van der Waals surface area contributed by atoms with E-state index in [-0.39, 0.29) is 11.0 Å². The van der Waals surface area contributed by atoms with Crippen molar-refractivity contribution in [1.82, 2.24) is 4.98 Å². The molecule has 27 heavy (non-hydrogen) atoms. The number of carbonyl (C=O) groups excluding carboxylic acids is 1. The van der Waals surface area contributed by atoms with Crippen molar-refractivity contribution in [2.75, 3.05) is 0 Å². The third kappa shape index (κ3) is 4.81. The van der Waals surface area contributed by atoms with E-state index in [0.29, 0.717) is 5.02 Å². The number of hydrogen-bond acceptors (Lipinski definition) is 5. The van der Waals surface area contributed by atoms with E-state index >= 15 is 0 Å². The van der Waals surface area contributed by atoms with Gasteiger partial charge in [-0.3, -0.25) is 0 Å². The van der Waals surface area contributed by atoms with E-state index in [9.17, 15) is 4.79 Å². The molecule has 0 spiro atoms. The molecule has 3 rings (SSSR count). The number of thiazole rings is 1. The van der Waals surface area contributed by atoms with Crippen LogP contribution in [0.4, 0.5) is 0 Å². The van der Waals surface area contributed by atoms with Crippen molar-refractivity contribution in [1.29, 1.82) is 0 Å². The maximum absolute atomic E-state index is 12.0. The van der Waals surface area contributed by atoms with Crippen LogP contribution in [0.2, 0.25) is 5.02 Å². The van der Waals surface area contributed by atoms with Crippen LogP contribution in [0.3, 0.4) is 0 Å². The monoisotopic (exact) mass is 398 g/mol. The van der Waals surface area contributed by atoms with Gasteiger partial charge in [-0.25, -0.2) is 9.78 Å². The summed E-state index contributed by atoms with van der Waals surface area (Å²) in [4.78, 5) is 21.6. The second kappa shape index (κ2) is 8.03. The van der Waals surface area contributed by atoms with Crippen molar-refractivity contribution in [3.63, 3.8) is 0 Å². The van der Waals surface area contributed by atoms with E-state index in [0.717, 1.165) is 21.8 Å². The first kappa shape index (κ1) is 19.3.